The van der Waals surface area contributed by atoms with Crippen LogP contribution in [0.1, 0.15) is 27.7 Å². The highest BCUT2D eigenvalue weighted by atomic mass is 16.6. The SMILES string of the molecule is CC(C)C(C)(C)OC(=O)C=CCN(C)C. The number of ether oxygens (including phenoxy) is 1. The van der Waals surface area contributed by atoms with E-state index < -0.39 is 5.60 Å². The molecule has 15 heavy (non-hydrogen) atoms. The Hall–Kier alpha value is -0.830. The maximum Gasteiger partial charge on any atom is 0.331 e. The van der Waals surface area contributed by atoms with Crippen LogP contribution in [0.3, 0.4) is 0 Å². The Morgan fingerprint density at radius 3 is 2.33 bits per heavy atom. The normalized spacial score (nSPS) is 12.8. The Kier molecular flexibility index (Phi) is 5.58. The van der Waals surface area contributed by atoms with Crippen molar-refractivity contribution in [3.63, 3.8) is 0 Å². The van der Waals surface area contributed by atoms with Gasteiger partial charge in [0.2, 0.25) is 0 Å². The molecule has 0 rings (SSSR count). The molecule has 0 aliphatic rings. The van der Waals surface area contributed by atoms with Gasteiger partial charge >= 0.3 is 5.97 Å². The van der Waals surface area contributed by atoms with Gasteiger partial charge in [-0.05, 0) is 33.9 Å². The first kappa shape index (κ1) is 14.2. The summed E-state index contributed by atoms with van der Waals surface area (Å²) in [6.07, 6.45) is 3.29. The van der Waals surface area contributed by atoms with E-state index in [-0.39, 0.29) is 5.97 Å². The summed E-state index contributed by atoms with van der Waals surface area (Å²) in [5.74, 6) is 0.0410. The van der Waals surface area contributed by atoms with Crippen LogP contribution in [0.25, 0.3) is 0 Å². The molecule has 0 fully saturated rings. The molecule has 0 aromatic carbocycles. The summed E-state index contributed by atoms with van der Waals surface area (Å²) in [6.45, 7) is 8.68. The van der Waals surface area contributed by atoms with Crippen LogP contribution < -0.4 is 0 Å². The number of rotatable bonds is 5. The van der Waals surface area contributed by atoms with Crippen molar-refractivity contribution >= 4 is 5.97 Å². The minimum atomic E-state index is -0.403. The fourth-order valence-corrected chi connectivity index (χ4v) is 0.771. The van der Waals surface area contributed by atoms with E-state index in [0.29, 0.717) is 5.92 Å². The van der Waals surface area contributed by atoms with E-state index in [2.05, 4.69) is 0 Å². The molecule has 0 saturated heterocycles. The van der Waals surface area contributed by atoms with Crippen LogP contribution in [0.2, 0.25) is 0 Å². The van der Waals surface area contributed by atoms with E-state index in [1.807, 2.05) is 46.7 Å². The van der Waals surface area contributed by atoms with Gasteiger partial charge in [0.15, 0.2) is 0 Å². The topological polar surface area (TPSA) is 29.5 Å². The second kappa shape index (κ2) is 5.91. The maximum absolute atomic E-state index is 11.4. The summed E-state index contributed by atoms with van der Waals surface area (Å²) in [5, 5.41) is 0. The molecular formula is C12H23NO2. The lowest BCUT2D eigenvalue weighted by Crippen LogP contribution is -2.33. The maximum atomic E-state index is 11.4. The van der Waals surface area contributed by atoms with Crippen molar-refractivity contribution in [2.75, 3.05) is 20.6 Å². The van der Waals surface area contributed by atoms with Crippen molar-refractivity contribution in [3.05, 3.63) is 12.2 Å². The lowest BCUT2D eigenvalue weighted by molar-refractivity contribution is -0.154. The standard InChI is InChI=1S/C12H23NO2/c1-10(2)12(3,4)15-11(14)8-7-9-13(5)6/h7-8,10H,9H2,1-6H3. The van der Waals surface area contributed by atoms with Gasteiger partial charge in [-0.15, -0.1) is 0 Å². The molecule has 0 aromatic heterocycles. The highest BCUT2D eigenvalue weighted by molar-refractivity contribution is 5.82. The number of carbonyl (C=O) groups excluding carboxylic acids is 1. The fraction of sp³-hybridized carbons (Fsp3) is 0.750. The predicted octanol–water partition coefficient (Wildman–Crippen LogP) is 2.08. The van der Waals surface area contributed by atoms with Gasteiger partial charge in [-0.2, -0.15) is 0 Å². The second-order valence-electron chi connectivity index (χ2n) is 4.84. The average molecular weight is 213 g/mol. The van der Waals surface area contributed by atoms with Crippen LogP contribution in [0.15, 0.2) is 12.2 Å². The lowest BCUT2D eigenvalue weighted by Gasteiger charge is -2.28. The van der Waals surface area contributed by atoms with Crippen molar-refractivity contribution in [2.24, 2.45) is 5.92 Å². The fourth-order valence-electron chi connectivity index (χ4n) is 0.771. The zero-order valence-corrected chi connectivity index (χ0v) is 10.7. The number of hydrogen-bond donors (Lipinski definition) is 0. The van der Waals surface area contributed by atoms with Gasteiger partial charge in [-0.1, -0.05) is 19.9 Å². The Balaban J connectivity index is 4.09. The van der Waals surface area contributed by atoms with Gasteiger partial charge in [-0.25, -0.2) is 4.79 Å². The van der Waals surface area contributed by atoms with Gasteiger partial charge < -0.3 is 9.64 Å². The molecule has 0 heterocycles. The van der Waals surface area contributed by atoms with Crippen molar-refractivity contribution in [2.45, 2.75) is 33.3 Å². The van der Waals surface area contributed by atoms with Crippen LogP contribution in [-0.2, 0) is 9.53 Å². The lowest BCUT2D eigenvalue weighted by atomic mass is 9.95. The molecule has 0 aliphatic heterocycles. The Labute approximate surface area is 93.1 Å². The van der Waals surface area contributed by atoms with Crippen molar-refractivity contribution in [1.29, 1.82) is 0 Å². The van der Waals surface area contributed by atoms with E-state index in [1.54, 1.807) is 6.08 Å². The van der Waals surface area contributed by atoms with E-state index in [4.69, 9.17) is 4.74 Å². The Morgan fingerprint density at radius 1 is 1.40 bits per heavy atom. The van der Waals surface area contributed by atoms with Crippen LogP contribution >= 0.6 is 0 Å². The first-order chi connectivity index (χ1) is 6.75. The van der Waals surface area contributed by atoms with Crippen molar-refractivity contribution in [3.8, 4) is 0 Å². The molecule has 0 atom stereocenters. The summed E-state index contributed by atoms with van der Waals surface area (Å²) in [4.78, 5) is 13.4. The highest BCUT2D eigenvalue weighted by Gasteiger charge is 2.25. The summed E-state index contributed by atoms with van der Waals surface area (Å²) in [5.41, 5.74) is -0.403. The number of likely N-dealkylation sites (N-methyl/N-ethyl adjacent to an activating group) is 1. The molecule has 0 aromatic rings. The summed E-state index contributed by atoms with van der Waals surface area (Å²) in [7, 11) is 3.90. The third-order valence-corrected chi connectivity index (χ3v) is 2.48. The summed E-state index contributed by atoms with van der Waals surface area (Å²) >= 11 is 0. The van der Waals surface area contributed by atoms with Crippen molar-refractivity contribution < 1.29 is 9.53 Å². The molecule has 0 aliphatic carbocycles. The largest absolute Gasteiger partial charge is 0.456 e. The van der Waals surface area contributed by atoms with E-state index in [1.165, 1.54) is 6.08 Å². The Morgan fingerprint density at radius 2 is 1.93 bits per heavy atom. The first-order valence-corrected chi connectivity index (χ1v) is 5.30. The zero-order chi connectivity index (χ0) is 12.1. The van der Waals surface area contributed by atoms with Crippen LogP contribution in [0, 0.1) is 5.92 Å². The molecule has 0 N–H and O–H groups in total. The smallest absolute Gasteiger partial charge is 0.331 e. The third-order valence-electron chi connectivity index (χ3n) is 2.48. The summed E-state index contributed by atoms with van der Waals surface area (Å²) < 4.78 is 5.34. The Bertz CT molecular complexity index is 230. The highest BCUT2D eigenvalue weighted by Crippen LogP contribution is 2.20. The molecule has 0 saturated carbocycles. The summed E-state index contributed by atoms with van der Waals surface area (Å²) in [6, 6.07) is 0. The van der Waals surface area contributed by atoms with Gasteiger partial charge in [0.25, 0.3) is 0 Å². The molecule has 88 valence electrons. The quantitative estimate of drug-likeness (QED) is 0.517. The van der Waals surface area contributed by atoms with Crippen LogP contribution in [0.5, 0.6) is 0 Å². The minimum Gasteiger partial charge on any atom is -0.456 e. The van der Waals surface area contributed by atoms with Crippen LogP contribution in [0.4, 0.5) is 0 Å². The molecule has 0 bridgehead atoms. The predicted molar refractivity (Wildman–Crippen MR) is 62.7 cm³/mol. The molecule has 0 spiro atoms. The number of carbonyl (C=O) groups is 1. The number of esters is 1. The van der Waals surface area contributed by atoms with Crippen molar-refractivity contribution in [1.82, 2.24) is 4.90 Å². The van der Waals surface area contributed by atoms with Gasteiger partial charge in [0, 0.05) is 12.6 Å². The number of hydrogen-bond acceptors (Lipinski definition) is 3. The monoisotopic (exact) mass is 213 g/mol. The first-order valence-electron chi connectivity index (χ1n) is 5.30. The molecule has 3 nitrogen and oxygen atoms in total. The molecule has 0 amide bonds. The minimum absolute atomic E-state index is 0.268. The van der Waals surface area contributed by atoms with Crippen LogP contribution in [-0.4, -0.2) is 37.1 Å². The number of nitrogens with zero attached hydrogens (tertiary/aromatic N) is 1. The van der Waals surface area contributed by atoms with Gasteiger partial charge in [0.05, 0.1) is 0 Å². The molecule has 0 radical (unpaired) electrons. The molecular weight excluding hydrogens is 190 g/mol. The molecule has 3 heteroatoms. The van der Waals surface area contributed by atoms with Gasteiger partial charge in [-0.3, -0.25) is 0 Å². The third kappa shape index (κ3) is 6.28. The van der Waals surface area contributed by atoms with Gasteiger partial charge in [0.1, 0.15) is 5.60 Å². The van der Waals surface area contributed by atoms with E-state index in [9.17, 15) is 4.79 Å². The average Bonchev–Trinajstić information content (AvgIpc) is 2.01. The molecule has 0 unspecified atom stereocenters. The van der Waals surface area contributed by atoms with E-state index in [0.717, 1.165) is 6.54 Å². The zero-order valence-electron chi connectivity index (χ0n) is 10.7. The van der Waals surface area contributed by atoms with E-state index >= 15 is 0 Å². The second-order valence-corrected chi connectivity index (χ2v) is 4.84.